The zero-order valence-electron chi connectivity index (χ0n) is 27.5. The zero-order chi connectivity index (χ0) is 32.6. The Hall–Kier alpha value is -3.58. The van der Waals surface area contributed by atoms with Crippen molar-refractivity contribution in [3.8, 4) is 22.6 Å². The van der Waals surface area contributed by atoms with Crippen LogP contribution in [0.15, 0.2) is 60.7 Å². The van der Waals surface area contributed by atoms with Gasteiger partial charge < -0.3 is 24.1 Å². The fourth-order valence-electron chi connectivity index (χ4n) is 5.78. The van der Waals surface area contributed by atoms with Crippen molar-refractivity contribution in [1.82, 2.24) is 0 Å². The second kappa shape index (κ2) is 19.1. The number of hydrogen-bond donors (Lipinski definition) is 1. The lowest BCUT2D eigenvalue weighted by Gasteiger charge is -2.29. The van der Waals surface area contributed by atoms with Crippen molar-refractivity contribution < 1.29 is 33.6 Å². The van der Waals surface area contributed by atoms with Crippen LogP contribution in [0.5, 0.6) is 11.5 Å². The molecule has 1 fully saturated rings. The van der Waals surface area contributed by atoms with Crippen LogP contribution in [0.1, 0.15) is 95.6 Å². The molecule has 1 aliphatic rings. The van der Waals surface area contributed by atoms with E-state index in [-0.39, 0.29) is 33.0 Å². The maximum atomic E-state index is 11.8. The highest BCUT2D eigenvalue weighted by Crippen LogP contribution is 2.40. The summed E-state index contributed by atoms with van der Waals surface area (Å²) in [6.07, 6.45) is 11.5. The molecule has 2 aromatic rings. The van der Waals surface area contributed by atoms with E-state index < -0.39 is 11.9 Å². The van der Waals surface area contributed by atoms with Crippen LogP contribution in [0.25, 0.3) is 11.1 Å². The highest BCUT2D eigenvalue weighted by atomic mass is 16.6. The van der Waals surface area contributed by atoms with Gasteiger partial charge in [0.05, 0.1) is 0 Å². The van der Waals surface area contributed by atoms with Crippen molar-refractivity contribution >= 4 is 11.9 Å². The third-order valence-electron chi connectivity index (χ3n) is 8.38. The smallest absolute Gasteiger partial charge is 0.333 e. The fourth-order valence-corrected chi connectivity index (χ4v) is 5.78. The van der Waals surface area contributed by atoms with Crippen molar-refractivity contribution in [2.24, 2.45) is 5.92 Å². The van der Waals surface area contributed by atoms with Gasteiger partial charge in [-0.05, 0) is 93.0 Å². The molecule has 2 aromatic carbocycles. The first-order valence-corrected chi connectivity index (χ1v) is 16.5. The average Bonchev–Trinajstić information content (AvgIpc) is 3.04. The minimum atomic E-state index is -0.466. The van der Waals surface area contributed by atoms with Crippen LogP contribution in [0.4, 0.5) is 0 Å². The first-order chi connectivity index (χ1) is 21.7. The Labute approximate surface area is 269 Å². The van der Waals surface area contributed by atoms with Gasteiger partial charge in [-0.2, -0.15) is 0 Å². The minimum absolute atomic E-state index is 0.00912. The highest BCUT2D eigenvalue weighted by molar-refractivity contribution is 5.87. The first-order valence-electron chi connectivity index (χ1n) is 16.5. The molecule has 0 unspecified atom stereocenters. The summed E-state index contributed by atoms with van der Waals surface area (Å²) in [4.78, 5) is 23.7. The molecule has 0 atom stereocenters. The van der Waals surface area contributed by atoms with Crippen LogP contribution >= 0.6 is 0 Å². The Kier molecular flexibility index (Phi) is 15.2. The highest BCUT2D eigenvalue weighted by Gasteiger charge is 2.22. The third kappa shape index (κ3) is 11.7. The third-order valence-corrected chi connectivity index (χ3v) is 8.38. The average molecular weight is 621 g/mol. The molecule has 0 heterocycles. The molecule has 0 amide bonds. The molecular weight excluding hydrogens is 568 g/mol. The molecule has 0 aliphatic heterocycles. The van der Waals surface area contributed by atoms with Crippen LogP contribution in [-0.2, 0) is 25.5 Å². The van der Waals surface area contributed by atoms with Gasteiger partial charge in [0.25, 0.3) is 0 Å². The Balaban J connectivity index is 1.80. The summed E-state index contributed by atoms with van der Waals surface area (Å²) in [5.41, 5.74) is 4.77. The molecule has 0 radical (unpaired) electrons. The lowest BCUT2D eigenvalue weighted by molar-refractivity contribution is -0.140. The predicted octanol–water partition coefficient (Wildman–Crippen LogP) is 8.13. The number of aliphatic hydroxyl groups excluding tert-OH is 1. The van der Waals surface area contributed by atoms with Gasteiger partial charge >= 0.3 is 11.9 Å². The van der Waals surface area contributed by atoms with E-state index in [1.807, 2.05) is 12.1 Å². The fraction of sp³-hybridized carbons (Fsp3) is 0.526. The number of carbonyl (C=O) groups is 2. The molecule has 1 saturated carbocycles. The number of aliphatic hydroxyl groups is 1. The molecule has 0 saturated heterocycles. The standard InChI is InChI=1S/C38H52O7/c1-6-7-8-10-29-12-14-30(15-13-29)31-16-18-32(19-17-31)33-25-35(42-21-23-44-37(40)27(2)3)34(11-9-20-39)36(26-33)43-22-24-45-38(41)28(4)5/h16-19,25-26,29-30,39H,2,4,6-15,20-24H2,1,3,5H3. The van der Waals surface area contributed by atoms with Crippen LogP contribution in [0.3, 0.4) is 0 Å². The molecule has 246 valence electrons. The Morgan fingerprint density at radius 1 is 0.778 bits per heavy atom. The number of unbranched alkanes of at least 4 members (excludes halogenated alkanes) is 2. The van der Waals surface area contributed by atoms with Crippen LogP contribution in [0.2, 0.25) is 0 Å². The van der Waals surface area contributed by atoms with Gasteiger partial charge in [0.15, 0.2) is 0 Å². The lowest BCUT2D eigenvalue weighted by Crippen LogP contribution is -2.15. The van der Waals surface area contributed by atoms with Gasteiger partial charge in [0.1, 0.15) is 37.9 Å². The summed E-state index contributed by atoms with van der Waals surface area (Å²) in [5.74, 6) is 1.72. The maximum Gasteiger partial charge on any atom is 0.333 e. The van der Waals surface area contributed by atoms with E-state index in [4.69, 9.17) is 18.9 Å². The predicted molar refractivity (Wildman–Crippen MR) is 179 cm³/mol. The topological polar surface area (TPSA) is 91.3 Å². The van der Waals surface area contributed by atoms with Gasteiger partial charge in [-0.1, -0.05) is 70.0 Å². The SMILES string of the molecule is C=C(C)C(=O)OCCOc1cc(-c2ccc(C3CCC(CCCCC)CC3)cc2)cc(OCCOC(=O)C(=C)C)c1CCCO. The number of ether oxygens (including phenoxy) is 4. The molecule has 0 spiro atoms. The van der Waals surface area contributed by atoms with Crippen molar-refractivity contribution in [3.63, 3.8) is 0 Å². The van der Waals surface area contributed by atoms with Crippen LogP contribution in [-0.4, -0.2) is 50.1 Å². The Morgan fingerprint density at radius 2 is 1.33 bits per heavy atom. The maximum absolute atomic E-state index is 11.8. The van der Waals surface area contributed by atoms with E-state index >= 15 is 0 Å². The van der Waals surface area contributed by atoms with E-state index in [1.165, 1.54) is 56.9 Å². The van der Waals surface area contributed by atoms with Crippen molar-refractivity contribution in [2.75, 3.05) is 33.0 Å². The molecule has 45 heavy (non-hydrogen) atoms. The summed E-state index contributed by atoms with van der Waals surface area (Å²) in [5, 5.41) is 9.58. The Morgan fingerprint density at radius 3 is 1.82 bits per heavy atom. The molecular formula is C38H52O7. The molecule has 7 nitrogen and oxygen atoms in total. The van der Waals surface area contributed by atoms with Gasteiger partial charge in [-0.15, -0.1) is 0 Å². The minimum Gasteiger partial charge on any atom is -0.490 e. The van der Waals surface area contributed by atoms with E-state index in [0.29, 0.717) is 41.4 Å². The van der Waals surface area contributed by atoms with Crippen molar-refractivity contribution in [2.45, 2.75) is 90.9 Å². The first kappa shape index (κ1) is 35.9. The monoisotopic (exact) mass is 620 g/mol. The van der Waals surface area contributed by atoms with E-state index in [9.17, 15) is 14.7 Å². The second-order valence-electron chi connectivity index (χ2n) is 12.1. The van der Waals surface area contributed by atoms with E-state index in [1.54, 1.807) is 13.8 Å². The number of benzene rings is 2. The molecule has 7 heteroatoms. The Bertz CT molecular complexity index is 1200. The summed E-state index contributed by atoms with van der Waals surface area (Å²) < 4.78 is 22.7. The molecule has 3 rings (SSSR count). The summed E-state index contributed by atoms with van der Waals surface area (Å²) in [7, 11) is 0. The normalized spacial score (nSPS) is 16.1. The molecule has 0 bridgehead atoms. The van der Waals surface area contributed by atoms with Crippen LogP contribution in [0, 0.1) is 5.92 Å². The number of hydrogen-bond acceptors (Lipinski definition) is 7. The molecule has 1 aliphatic carbocycles. The molecule has 1 N–H and O–H groups in total. The van der Waals surface area contributed by atoms with Gasteiger partial charge in [0.2, 0.25) is 0 Å². The van der Waals surface area contributed by atoms with E-state index in [0.717, 1.165) is 22.6 Å². The van der Waals surface area contributed by atoms with Gasteiger partial charge in [0, 0.05) is 23.3 Å². The van der Waals surface area contributed by atoms with E-state index in [2.05, 4.69) is 44.3 Å². The summed E-state index contributed by atoms with van der Waals surface area (Å²) in [6.45, 7) is 13.1. The number of rotatable bonds is 19. The van der Waals surface area contributed by atoms with Crippen LogP contribution < -0.4 is 9.47 Å². The number of carbonyl (C=O) groups excluding carboxylic acids is 2. The lowest BCUT2D eigenvalue weighted by atomic mass is 9.77. The molecule has 0 aromatic heterocycles. The van der Waals surface area contributed by atoms with Gasteiger partial charge in [-0.3, -0.25) is 0 Å². The second-order valence-corrected chi connectivity index (χ2v) is 12.1. The van der Waals surface area contributed by atoms with Gasteiger partial charge in [-0.25, -0.2) is 9.59 Å². The number of esters is 2. The quantitative estimate of drug-likeness (QED) is 0.0963. The van der Waals surface area contributed by atoms with Crippen molar-refractivity contribution in [3.05, 3.63) is 71.8 Å². The largest absolute Gasteiger partial charge is 0.490 e. The van der Waals surface area contributed by atoms with Crippen molar-refractivity contribution in [1.29, 1.82) is 0 Å². The zero-order valence-corrected chi connectivity index (χ0v) is 27.5. The summed E-state index contributed by atoms with van der Waals surface area (Å²) >= 11 is 0. The summed E-state index contributed by atoms with van der Waals surface area (Å²) in [6, 6.07) is 12.7.